The number of hydrogen-bond donors (Lipinski definition) is 0. The number of Topliss-reactive ketones (excluding diaryl/α,β-unsaturated/α-hetero) is 1. The molecule has 0 amide bonds. The van der Waals surface area contributed by atoms with Crippen LogP contribution in [0.15, 0.2) is 62.0 Å². The minimum Gasteiger partial charge on any atom is -0.378 e. The van der Waals surface area contributed by atoms with E-state index in [4.69, 9.17) is 17.0 Å². The Morgan fingerprint density at radius 3 is 2.33 bits per heavy atom. The number of carbonyl (C=O) groups excluding carboxylic acids is 1. The molecule has 2 aliphatic rings. The molecule has 2 aliphatic heterocycles. The predicted octanol–water partition coefficient (Wildman–Crippen LogP) is 5.56. The number of hydrogen-bond acceptors (Lipinski definition) is 5. The molecule has 0 radical (unpaired) electrons. The van der Waals surface area contributed by atoms with E-state index in [0.717, 1.165) is 33.4 Å². The van der Waals surface area contributed by atoms with E-state index in [1.165, 1.54) is 9.79 Å². The molecule has 0 unspecified atom stereocenters. The zero-order chi connectivity index (χ0) is 19.2. The molecular formula is C21H23NO2S3. The molecule has 4 rings (SSSR count). The van der Waals surface area contributed by atoms with Crippen molar-refractivity contribution in [1.29, 1.82) is 0 Å². The quantitative estimate of drug-likeness (QED) is 0.409. The van der Waals surface area contributed by atoms with Crippen molar-refractivity contribution in [3.8, 4) is 0 Å². The zero-order valence-electron chi connectivity index (χ0n) is 15.6. The van der Waals surface area contributed by atoms with Crippen molar-refractivity contribution in [2.75, 3.05) is 26.3 Å². The second kappa shape index (κ2) is 9.73. The largest absolute Gasteiger partial charge is 0.378 e. The van der Waals surface area contributed by atoms with E-state index < -0.39 is 0 Å². The second-order valence-electron chi connectivity index (χ2n) is 5.88. The Labute approximate surface area is 174 Å². The Morgan fingerprint density at radius 1 is 1.00 bits per heavy atom. The standard InChI is InChI=1S/C19H17NO2S3.C2H6/c21-14(12-18(23)20-8-10-22-11-9-20)13-4-3-7-17-19(13)25-16-6-2-1-5-15(16)24-17;1-2/h1-7H,8-12H2;1-2H3. The molecule has 27 heavy (non-hydrogen) atoms. The summed E-state index contributed by atoms with van der Waals surface area (Å²) in [6.45, 7) is 6.91. The maximum Gasteiger partial charge on any atom is 0.170 e. The van der Waals surface area contributed by atoms with E-state index in [2.05, 4.69) is 23.1 Å². The first-order valence-electron chi connectivity index (χ1n) is 9.19. The summed E-state index contributed by atoms with van der Waals surface area (Å²) in [5.74, 6) is 0.0980. The summed E-state index contributed by atoms with van der Waals surface area (Å²) in [7, 11) is 0. The highest BCUT2D eigenvalue weighted by Gasteiger charge is 2.24. The van der Waals surface area contributed by atoms with Crippen molar-refractivity contribution in [1.82, 2.24) is 4.90 Å². The fourth-order valence-electron chi connectivity index (χ4n) is 2.93. The van der Waals surface area contributed by atoms with Gasteiger partial charge in [-0.15, -0.1) is 0 Å². The lowest BCUT2D eigenvalue weighted by Crippen LogP contribution is -2.40. The monoisotopic (exact) mass is 417 g/mol. The molecule has 0 bridgehead atoms. The smallest absolute Gasteiger partial charge is 0.170 e. The average Bonchev–Trinajstić information content (AvgIpc) is 2.73. The average molecular weight is 418 g/mol. The number of ketones is 1. The first kappa shape index (κ1) is 20.4. The third-order valence-corrected chi connectivity index (χ3v) is 7.25. The van der Waals surface area contributed by atoms with Crippen LogP contribution >= 0.6 is 35.7 Å². The maximum atomic E-state index is 12.9. The van der Waals surface area contributed by atoms with Gasteiger partial charge in [0.15, 0.2) is 5.78 Å². The van der Waals surface area contributed by atoms with Crippen molar-refractivity contribution in [3.63, 3.8) is 0 Å². The third-order valence-electron chi connectivity index (χ3n) is 4.24. The van der Waals surface area contributed by atoms with Gasteiger partial charge in [0.25, 0.3) is 0 Å². The molecule has 2 aromatic rings. The molecular weight excluding hydrogens is 394 g/mol. The van der Waals surface area contributed by atoms with E-state index in [1.54, 1.807) is 23.5 Å². The van der Waals surface area contributed by atoms with Gasteiger partial charge in [-0.25, -0.2) is 0 Å². The Hall–Kier alpha value is -1.34. The number of fused-ring (bicyclic) bond motifs is 2. The van der Waals surface area contributed by atoms with E-state index in [1.807, 2.05) is 38.1 Å². The number of carbonyl (C=O) groups is 1. The van der Waals surface area contributed by atoms with Crippen LogP contribution in [0.25, 0.3) is 0 Å². The van der Waals surface area contributed by atoms with E-state index in [0.29, 0.717) is 19.6 Å². The third kappa shape index (κ3) is 4.74. The fourth-order valence-corrected chi connectivity index (χ4v) is 5.64. The summed E-state index contributed by atoms with van der Waals surface area (Å²) in [6.07, 6.45) is 0.290. The normalized spacial score (nSPS) is 15.1. The van der Waals surface area contributed by atoms with E-state index in [9.17, 15) is 4.79 Å². The van der Waals surface area contributed by atoms with Gasteiger partial charge in [-0.3, -0.25) is 4.79 Å². The maximum absolute atomic E-state index is 12.9. The van der Waals surface area contributed by atoms with Gasteiger partial charge < -0.3 is 9.64 Å². The van der Waals surface area contributed by atoms with Crippen molar-refractivity contribution in [2.45, 2.75) is 39.9 Å². The summed E-state index contributed by atoms with van der Waals surface area (Å²) < 4.78 is 5.35. The summed E-state index contributed by atoms with van der Waals surface area (Å²) in [5, 5.41) is 0. The SMILES string of the molecule is CC.O=C(CC(=S)N1CCOCC1)c1cccc2c1Sc1ccccc1S2. The van der Waals surface area contributed by atoms with Gasteiger partial charge in [0.1, 0.15) is 0 Å². The van der Waals surface area contributed by atoms with Gasteiger partial charge in [0.05, 0.1) is 24.6 Å². The highest BCUT2D eigenvalue weighted by Crippen LogP contribution is 2.49. The van der Waals surface area contributed by atoms with Crippen molar-refractivity contribution in [3.05, 3.63) is 48.0 Å². The molecule has 3 nitrogen and oxygen atoms in total. The first-order valence-corrected chi connectivity index (χ1v) is 11.2. The molecule has 142 valence electrons. The lowest BCUT2D eigenvalue weighted by atomic mass is 10.1. The number of ether oxygens (including phenoxy) is 1. The van der Waals surface area contributed by atoms with Crippen LogP contribution in [-0.2, 0) is 4.74 Å². The molecule has 1 fully saturated rings. The molecule has 2 heterocycles. The lowest BCUT2D eigenvalue weighted by Gasteiger charge is -2.29. The van der Waals surface area contributed by atoms with E-state index in [-0.39, 0.29) is 5.78 Å². The van der Waals surface area contributed by atoms with Crippen molar-refractivity contribution in [2.24, 2.45) is 0 Å². The Balaban J connectivity index is 0.00000102. The van der Waals surface area contributed by atoms with Crippen LogP contribution in [0.1, 0.15) is 30.6 Å². The van der Waals surface area contributed by atoms with Crippen LogP contribution < -0.4 is 0 Å². The molecule has 0 spiro atoms. The van der Waals surface area contributed by atoms with Gasteiger partial charge in [-0.2, -0.15) is 0 Å². The van der Waals surface area contributed by atoms with Crippen LogP contribution in [0.5, 0.6) is 0 Å². The molecule has 6 heteroatoms. The lowest BCUT2D eigenvalue weighted by molar-refractivity contribution is 0.0677. The number of nitrogens with zero attached hydrogens (tertiary/aromatic N) is 1. The molecule has 0 atom stereocenters. The van der Waals surface area contributed by atoms with Crippen molar-refractivity contribution < 1.29 is 9.53 Å². The summed E-state index contributed by atoms with van der Waals surface area (Å²) in [6, 6.07) is 14.3. The zero-order valence-corrected chi connectivity index (χ0v) is 18.0. The number of thiocarbonyl (C=S) groups is 1. The van der Waals surface area contributed by atoms with Crippen LogP contribution in [0.2, 0.25) is 0 Å². The Morgan fingerprint density at radius 2 is 1.63 bits per heavy atom. The van der Waals surface area contributed by atoms with Gasteiger partial charge >= 0.3 is 0 Å². The van der Waals surface area contributed by atoms with Gasteiger partial charge in [0, 0.05) is 38.2 Å². The molecule has 1 saturated heterocycles. The van der Waals surface area contributed by atoms with Crippen LogP contribution in [0, 0.1) is 0 Å². The molecule has 0 aliphatic carbocycles. The van der Waals surface area contributed by atoms with Crippen LogP contribution in [0.4, 0.5) is 0 Å². The highest BCUT2D eigenvalue weighted by atomic mass is 32.2. The molecule has 2 aromatic carbocycles. The van der Waals surface area contributed by atoms with E-state index >= 15 is 0 Å². The predicted molar refractivity (Wildman–Crippen MR) is 116 cm³/mol. The first-order chi connectivity index (χ1) is 13.2. The van der Waals surface area contributed by atoms with Gasteiger partial charge in [-0.1, -0.05) is 73.9 Å². The van der Waals surface area contributed by atoms with Crippen LogP contribution in [0.3, 0.4) is 0 Å². The second-order valence-corrected chi connectivity index (χ2v) is 8.48. The van der Waals surface area contributed by atoms with Gasteiger partial charge in [-0.05, 0) is 18.2 Å². The molecule has 0 aromatic heterocycles. The fraction of sp³-hybridized carbons (Fsp3) is 0.333. The minimum absolute atomic E-state index is 0.0980. The topological polar surface area (TPSA) is 29.5 Å². The Kier molecular flexibility index (Phi) is 7.35. The van der Waals surface area contributed by atoms with Crippen LogP contribution in [-0.4, -0.2) is 42.0 Å². The number of benzene rings is 2. The minimum atomic E-state index is 0.0980. The Bertz CT molecular complexity index is 832. The number of morpholine rings is 1. The highest BCUT2D eigenvalue weighted by molar-refractivity contribution is 8.05. The van der Waals surface area contributed by atoms with Gasteiger partial charge in [0.2, 0.25) is 0 Å². The molecule has 0 saturated carbocycles. The number of rotatable bonds is 3. The van der Waals surface area contributed by atoms with Crippen molar-refractivity contribution >= 4 is 46.5 Å². The summed E-state index contributed by atoms with van der Waals surface area (Å²) >= 11 is 8.92. The summed E-state index contributed by atoms with van der Waals surface area (Å²) in [5.41, 5.74) is 0.778. The molecule has 0 N–H and O–H groups in total. The summed E-state index contributed by atoms with van der Waals surface area (Å²) in [4.78, 5) is 20.4.